The van der Waals surface area contributed by atoms with E-state index in [0.717, 1.165) is 10.0 Å². The zero-order chi connectivity index (χ0) is 18.4. The summed E-state index contributed by atoms with van der Waals surface area (Å²) in [6.45, 7) is 0.539. The fourth-order valence-corrected chi connectivity index (χ4v) is 2.84. The van der Waals surface area contributed by atoms with Crippen molar-refractivity contribution in [3.05, 3.63) is 82.5 Å². The van der Waals surface area contributed by atoms with Crippen LogP contribution in [-0.4, -0.2) is 17.4 Å². The van der Waals surface area contributed by atoms with Crippen LogP contribution in [0.1, 0.15) is 15.9 Å². The van der Waals surface area contributed by atoms with Gasteiger partial charge in [-0.2, -0.15) is 0 Å². The van der Waals surface area contributed by atoms with Gasteiger partial charge in [0.05, 0.1) is 0 Å². The Bertz CT molecular complexity index is 915. The Morgan fingerprint density at radius 2 is 1.88 bits per heavy atom. The highest BCUT2D eigenvalue weighted by atomic mass is 79.9. The first-order chi connectivity index (χ1) is 12.6. The molecular weight excluding hydrogens is 394 g/mol. The van der Waals surface area contributed by atoms with E-state index in [4.69, 9.17) is 10.5 Å². The van der Waals surface area contributed by atoms with Crippen molar-refractivity contribution in [2.24, 2.45) is 0 Å². The molecule has 1 amide bonds. The minimum absolute atomic E-state index is 0.0917. The zero-order valence-electron chi connectivity index (χ0n) is 14.0. The van der Waals surface area contributed by atoms with Crippen molar-refractivity contribution in [3.8, 4) is 11.5 Å². The van der Waals surface area contributed by atoms with Gasteiger partial charge in [-0.25, -0.2) is 4.98 Å². The van der Waals surface area contributed by atoms with Gasteiger partial charge in [0.1, 0.15) is 17.3 Å². The highest BCUT2D eigenvalue weighted by Crippen LogP contribution is 2.23. The molecular formula is C20H18BrN3O2. The first-order valence-corrected chi connectivity index (χ1v) is 8.91. The molecule has 0 saturated heterocycles. The Morgan fingerprint density at radius 1 is 1.08 bits per heavy atom. The lowest BCUT2D eigenvalue weighted by Gasteiger charge is -2.09. The molecule has 0 atom stereocenters. The number of carbonyl (C=O) groups is 1. The molecule has 0 aliphatic heterocycles. The molecule has 132 valence electrons. The monoisotopic (exact) mass is 411 g/mol. The number of anilines is 1. The maximum absolute atomic E-state index is 12.2. The van der Waals surface area contributed by atoms with Gasteiger partial charge < -0.3 is 15.8 Å². The van der Waals surface area contributed by atoms with Gasteiger partial charge in [0.2, 0.25) is 0 Å². The van der Waals surface area contributed by atoms with Gasteiger partial charge in [0.25, 0.3) is 5.91 Å². The van der Waals surface area contributed by atoms with Crippen LogP contribution in [0.5, 0.6) is 11.5 Å². The van der Waals surface area contributed by atoms with Gasteiger partial charge in [-0.05, 0) is 48.4 Å². The number of halogens is 1. The second-order valence-corrected chi connectivity index (χ2v) is 6.60. The van der Waals surface area contributed by atoms with Crippen LogP contribution in [-0.2, 0) is 6.42 Å². The number of aromatic nitrogens is 1. The fourth-order valence-electron chi connectivity index (χ4n) is 2.44. The number of hydrogen-bond acceptors (Lipinski definition) is 4. The van der Waals surface area contributed by atoms with Crippen molar-refractivity contribution in [2.45, 2.75) is 6.42 Å². The Hall–Kier alpha value is -2.86. The van der Waals surface area contributed by atoms with E-state index in [1.165, 1.54) is 0 Å². The van der Waals surface area contributed by atoms with Crippen molar-refractivity contribution in [1.29, 1.82) is 0 Å². The van der Waals surface area contributed by atoms with E-state index < -0.39 is 0 Å². The molecule has 0 spiro atoms. The van der Waals surface area contributed by atoms with Crippen molar-refractivity contribution < 1.29 is 9.53 Å². The Kier molecular flexibility index (Phi) is 5.86. The predicted molar refractivity (Wildman–Crippen MR) is 105 cm³/mol. The fraction of sp³-hybridized carbons (Fsp3) is 0.100. The minimum Gasteiger partial charge on any atom is -0.457 e. The standard InChI is InChI=1S/C20H18BrN3O2/c21-16-5-2-4-15(12-16)20(25)24-9-7-14-3-1-6-17(11-14)26-18-8-10-23-19(22)13-18/h1-6,8,10-13H,7,9H2,(H2,22,23)(H,24,25). The molecule has 0 saturated carbocycles. The summed E-state index contributed by atoms with van der Waals surface area (Å²) in [5, 5.41) is 2.93. The average Bonchev–Trinajstić information content (AvgIpc) is 2.62. The van der Waals surface area contributed by atoms with Crippen LogP contribution in [0.15, 0.2) is 71.3 Å². The summed E-state index contributed by atoms with van der Waals surface area (Å²) in [5.41, 5.74) is 7.36. The number of pyridine rings is 1. The number of nitrogens with two attached hydrogens (primary N) is 1. The third kappa shape index (κ3) is 5.07. The molecule has 5 nitrogen and oxygen atoms in total. The number of rotatable bonds is 6. The molecule has 0 fully saturated rings. The van der Waals surface area contributed by atoms with Crippen LogP contribution in [0.25, 0.3) is 0 Å². The largest absolute Gasteiger partial charge is 0.457 e. The lowest BCUT2D eigenvalue weighted by Crippen LogP contribution is -2.25. The van der Waals surface area contributed by atoms with E-state index in [1.54, 1.807) is 30.5 Å². The van der Waals surface area contributed by atoms with Gasteiger partial charge >= 0.3 is 0 Å². The smallest absolute Gasteiger partial charge is 0.251 e. The van der Waals surface area contributed by atoms with Crippen LogP contribution in [0.2, 0.25) is 0 Å². The van der Waals surface area contributed by atoms with Crippen LogP contribution < -0.4 is 15.8 Å². The number of carbonyl (C=O) groups excluding carboxylic acids is 1. The molecule has 0 radical (unpaired) electrons. The summed E-state index contributed by atoms with van der Waals surface area (Å²) >= 11 is 3.37. The van der Waals surface area contributed by atoms with E-state index >= 15 is 0 Å². The van der Waals surface area contributed by atoms with Crippen molar-refractivity contribution in [2.75, 3.05) is 12.3 Å². The number of hydrogen-bond donors (Lipinski definition) is 2. The SMILES string of the molecule is Nc1cc(Oc2cccc(CCNC(=O)c3cccc(Br)c3)c2)ccn1. The van der Waals surface area contributed by atoms with E-state index in [-0.39, 0.29) is 5.91 Å². The molecule has 0 aliphatic rings. The highest BCUT2D eigenvalue weighted by Gasteiger charge is 2.06. The van der Waals surface area contributed by atoms with Gasteiger partial charge in [-0.3, -0.25) is 4.79 Å². The van der Waals surface area contributed by atoms with E-state index in [2.05, 4.69) is 26.2 Å². The van der Waals surface area contributed by atoms with Crippen molar-refractivity contribution >= 4 is 27.7 Å². The average molecular weight is 412 g/mol. The van der Waals surface area contributed by atoms with Gasteiger partial charge in [-0.15, -0.1) is 0 Å². The quantitative estimate of drug-likeness (QED) is 0.637. The molecule has 0 aliphatic carbocycles. The molecule has 2 aromatic carbocycles. The number of nitrogen functional groups attached to an aromatic ring is 1. The summed E-state index contributed by atoms with van der Waals surface area (Å²) in [5.74, 6) is 1.67. The Labute approximate surface area is 160 Å². The highest BCUT2D eigenvalue weighted by molar-refractivity contribution is 9.10. The summed E-state index contributed by atoms with van der Waals surface area (Å²) in [6, 6.07) is 18.5. The van der Waals surface area contributed by atoms with Crippen molar-refractivity contribution in [1.82, 2.24) is 10.3 Å². The lowest BCUT2D eigenvalue weighted by molar-refractivity contribution is 0.0954. The Morgan fingerprint density at radius 3 is 2.69 bits per heavy atom. The first-order valence-electron chi connectivity index (χ1n) is 8.12. The van der Waals surface area contributed by atoms with Gasteiger partial charge in [0.15, 0.2) is 0 Å². The molecule has 1 aromatic heterocycles. The van der Waals surface area contributed by atoms with E-state index in [0.29, 0.717) is 35.8 Å². The zero-order valence-corrected chi connectivity index (χ0v) is 15.6. The molecule has 3 rings (SSSR count). The number of ether oxygens (including phenoxy) is 1. The topological polar surface area (TPSA) is 77.2 Å². The van der Waals surface area contributed by atoms with E-state index in [9.17, 15) is 4.79 Å². The molecule has 0 unspecified atom stereocenters. The predicted octanol–water partition coefficient (Wildman–Crippen LogP) is 4.19. The van der Waals surface area contributed by atoms with Crippen LogP contribution in [0.3, 0.4) is 0 Å². The summed E-state index contributed by atoms with van der Waals surface area (Å²) in [4.78, 5) is 16.1. The molecule has 6 heteroatoms. The van der Waals surface area contributed by atoms with Crippen LogP contribution in [0.4, 0.5) is 5.82 Å². The van der Waals surface area contributed by atoms with Crippen LogP contribution in [0, 0.1) is 0 Å². The molecule has 3 aromatic rings. The van der Waals surface area contributed by atoms with Gasteiger partial charge in [0, 0.05) is 28.8 Å². The number of nitrogens with one attached hydrogen (secondary N) is 1. The minimum atomic E-state index is -0.0917. The second-order valence-electron chi connectivity index (χ2n) is 5.68. The normalized spacial score (nSPS) is 10.3. The second kappa shape index (κ2) is 8.49. The number of nitrogens with zero attached hydrogens (tertiary/aromatic N) is 1. The summed E-state index contributed by atoms with van der Waals surface area (Å²) < 4.78 is 6.68. The third-order valence-corrected chi connectivity index (χ3v) is 4.17. The lowest BCUT2D eigenvalue weighted by atomic mass is 10.1. The summed E-state index contributed by atoms with van der Waals surface area (Å²) in [7, 11) is 0. The van der Waals surface area contributed by atoms with E-state index in [1.807, 2.05) is 36.4 Å². The summed E-state index contributed by atoms with van der Waals surface area (Å²) in [6.07, 6.45) is 2.31. The Balaban J connectivity index is 1.56. The van der Waals surface area contributed by atoms with Crippen LogP contribution >= 0.6 is 15.9 Å². The number of benzene rings is 2. The molecule has 26 heavy (non-hydrogen) atoms. The van der Waals surface area contributed by atoms with Gasteiger partial charge in [-0.1, -0.05) is 34.1 Å². The molecule has 3 N–H and O–H groups in total. The molecule has 0 bridgehead atoms. The maximum atomic E-state index is 12.2. The van der Waals surface area contributed by atoms with Crippen molar-refractivity contribution in [3.63, 3.8) is 0 Å². The third-order valence-electron chi connectivity index (χ3n) is 3.67. The maximum Gasteiger partial charge on any atom is 0.251 e. The first kappa shape index (κ1) is 17.9. The molecule has 1 heterocycles. The number of amides is 1.